The van der Waals surface area contributed by atoms with E-state index in [9.17, 15) is 4.79 Å². The minimum absolute atomic E-state index is 0.00795. The standard InChI is InChI=1S/C14H29N3O/c1-3-13(15)11-14(18)16-7-4-8-17-9-5-12(2)6-10-17/h12-13H,3-11,15H2,1-2H3,(H,16,18). The van der Waals surface area contributed by atoms with Gasteiger partial charge in [-0.2, -0.15) is 0 Å². The van der Waals surface area contributed by atoms with Crippen LogP contribution >= 0.6 is 0 Å². The van der Waals surface area contributed by atoms with Gasteiger partial charge in [-0.15, -0.1) is 0 Å². The summed E-state index contributed by atoms with van der Waals surface area (Å²) in [5, 5.41) is 2.95. The molecule has 1 rings (SSSR count). The predicted octanol–water partition coefficient (Wildman–Crippen LogP) is 1.35. The summed E-state index contributed by atoms with van der Waals surface area (Å²) in [6.07, 6.45) is 4.99. The Morgan fingerprint density at radius 2 is 2.11 bits per heavy atom. The highest BCUT2D eigenvalue weighted by Crippen LogP contribution is 2.15. The predicted molar refractivity (Wildman–Crippen MR) is 75.3 cm³/mol. The lowest BCUT2D eigenvalue weighted by Gasteiger charge is -2.30. The van der Waals surface area contributed by atoms with Gasteiger partial charge in [0.1, 0.15) is 0 Å². The molecule has 1 atom stereocenters. The van der Waals surface area contributed by atoms with Crippen molar-refractivity contribution in [1.29, 1.82) is 0 Å². The fourth-order valence-electron chi connectivity index (χ4n) is 2.27. The first-order chi connectivity index (χ1) is 8.61. The Hall–Kier alpha value is -0.610. The average molecular weight is 255 g/mol. The minimum atomic E-state index is 0.00795. The molecule has 0 aromatic heterocycles. The van der Waals surface area contributed by atoms with E-state index in [1.807, 2.05) is 6.92 Å². The highest BCUT2D eigenvalue weighted by Gasteiger charge is 2.14. The molecule has 1 heterocycles. The van der Waals surface area contributed by atoms with Crippen molar-refractivity contribution in [3.63, 3.8) is 0 Å². The summed E-state index contributed by atoms with van der Waals surface area (Å²) < 4.78 is 0. The van der Waals surface area contributed by atoms with Crippen LogP contribution in [-0.2, 0) is 4.79 Å². The fraction of sp³-hybridized carbons (Fsp3) is 0.929. The van der Waals surface area contributed by atoms with Gasteiger partial charge < -0.3 is 16.0 Å². The number of hydrogen-bond acceptors (Lipinski definition) is 3. The molecule has 106 valence electrons. The summed E-state index contributed by atoms with van der Waals surface area (Å²) in [7, 11) is 0. The number of carbonyl (C=O) groups excluding carboxylic acids is 1. The topological polar surface area (TPSA) is 58.4 Å². The lowest BCUT2D eigenvalue weighted by molar-refractivity contribution is -0.121. The van der Waals surface area contributed by atoms with Crippen molar-refractivity contribution < 1.29 is 4.79 Å². The molecule has 0 aromatic carbocycles. The monoisotopic (exact) mass is 255 g/mol. The second kappa shape index (κ2) is 8.48. The van der Waals surface area contributed by atoms with Crippen molar-refractivity contribution >= 4 is 5.91 Å². The maximum Gasteiger partial charge on any atom is 0.221 e. The van der Waals surface area contributed by atoms with Gasteiger partial charge in [0.15, 0.2) is 0 Å². The third-order valence-corrected chi connectivity index (χ3v) is 3.82. The Morgan fingerprint density at radius 1 is 1.44 bits per heavy atom. The van der Waals surface area contributed by atoms with E-state index >= 15 is 0 Å². The number of amides is 1. The second-order valence-electron chi connectivity index (χ2n) is 5.60. The van der Waals surface area contributed by atoms with Crippen molar-refractivity contribution in [1.82, 2.24) is 10.2 Å². The molecule has 0 spiro atoms. The number of likely N-dealkylation sites (tertiary alicyclic amines) is 1. The largest absolute Gasteiger partial charge is 0.356 e. The Bertz CT molecular complexity index is 237. The number of rotatable bonds is 7. The first-order valence-corrected chi connectivity index (χ1v) is 7.36. The molecule has 0 radical (unpaired) electrons. The number of piperidine rings is 1. The molecule has 1 unspecified atom stereocenters. The molecule has 1 amide bonds. The van der Waals surface area contributed by atoms with Crippen LogP contribution in [-0.4, -0.2) is 43.0 Å². The number of nitrogens with one attached hydrogen (secondary N) is 1. The van der Waals surface area contributed by atoms with Crippen LogP contribution < -0.4 is 11.1 Å². The van der Waals surface area contributed by atoms with Gasteiger partial charge in [-0.3, -0.25) is 4.79 Å². The van der Waals surface area contributed by atoms with E-state index in [4.69, 9.17) is 5.73 Å². The van der Waals surface area contributed by atoms with Crippen LogP contribution in [0.25, 0.3) is 0 Å². The molecule has 0 aromatic rings. The Kier molecular flexibility index (Phi) is 7.28. The molecule has 18 heavy (non-hydrogen) atoms. The summed E-state index contributed by atoms with van der Waals surface area (Å²) in [5.74, 6) is 0.980. The van der Waals surface area contributed by atoms with Gasteiger partial charge in [0, 0.05) is 19.0 Å². The van der Waals surface area contributed by atoms with Crippen molar-refractivity contribution in [2.75, 3.05) is 26.2 Å². The summed E-state index contributed by atoms with van der Waals surface area (Å²) in [5.41, 5.74) is 5.74. The van der Waals surface area contributed by atoms with E-state index in [0.717, 1.165) is 31.8 Å². The molecule has 4 heteroatoms. The smallest absolute Gasteiger partial charge is 0.221 e. The molecule has 4 nitrogen and oxygen atoms in total. The summed E-state index contributed by atoms with van der Waals surface area (Å²) >= 11 is 0. The third-order valence-electron chi connectivity index (χ3n) is 3.82. The average Bonchev–Trinajstić information content (AvgIpc) is 2.36. The normalized spacial score (nSPS) is 19.7. The van der Waals surface area contributed by atoms with Crippen LogP contribution in [0.5, 0.6) is 0 Å². The summed E-state index contributed by atoms with van der Waals surface area (Å²) in [6, 6.07) is 0.00795. The zero-order chi connectivity index (χ0) is 13.4. The minimum Gasteiger partial charge on any atom is -0.356 e. The highest BCUT2D eigenvalue weighted by atomic mass is 16.1. The SMILES string of the molecule is CCC(N)CC(=O)NCCCN1CCC(C)CC1. The molecule has 1 aliphatic rings. The molecular weight excluding hydrogens is 226 g/mol. The van der Waals surface area contributed by atoms with Crippen LogP contribution in [0, 0.1) is 5.92 Å². The van der Waals surface area contributed by atoms with Crippen LogP contribution in [0.2, 0.25) is 0 Å². The summed E-state index contributed by atoms with van der Waals surface area (Å²) in [4.78, 5) is 14.0. The van der Waals surface area contributed by atoms with Crippen molar-refractivity contribution in [3.05, 3.63) is 0 Å². The third kappa shape index (κ3) is 6.36. The van der Waals surface area contributed by atoms with Crippen LogP contribution in [0.4, 0.5) is 0 Å². The van der Waals surface area contributed by atoms with Gasteiger partial charge in [-0.05, 0) is 51.2 Å². The molecular formula is C14H29N3O. The number of carbonyl (C=O) groups is 1. The molecule has 1 saturated heterocycles. The lowest BCUT2D eigenvalue weighted by Crippen LogP contribution is -2.36. The fourth-order valence-corrected chi connectivity index (χ4v) is 2.27. The molecule has 0 saturated carbocycles. The first kappa shape index (κ1) is 15.4. The Balaban J connectivity index is 1.99. The molecule has 1 aliphatic heterocycles. The molecule has 0 bridgehead atoms. The van der Waals surface area contributed by atoms with E-state index in [0.29, 0.717) is 6.42 Å². The van der Waals surface area contributed by atoms with Gasteiger partial charge in [0.25, 0.3) is 0 Å². The maximum absolute atomic E-state index is 11.5. The zero-order valence-electron chi connectivity index (χ0n) is 12.0. The quantitative estimate of drug-likeness (QED) is 0.675. The number of nitrogens with two attached hydrogens (primary N) is 1. The van der Waals surface area contributed by atoms with E-state index < -0.39 is 0 Å². The van der Waals surface area contributed by atoms with Gasteiger partial charge in [-0.25, -0.2) is 0 Å². The lowest BCUT2D eigenvalue weighted by atomic mass is 9.99. The van der Waals surface area contributed by atoms with Crippen LogP contribution in [0.15, 0.2) is 0 Å². The summed E-state index contributed by atoms with van der Waals surface area (Å²) in [6.45, 7) is 8.66. The highest BCUT2D eigenvalue weighted by molar-refractivity contribution is 5.76. The Labute approximate surface area is 111 Å². The van der Waals surface area contributed by atoms with E-state index in [1.54, 1.807) is 0 Å². The van der Waals surface area contributed by atoms with Crippen LogP contribution in [0.1, 0.15) is 46.0 Å². The van der Waals surface area contributed by atoms with Gasteiger partial charge in [0.05, 0.1) is 0 Å². The number of nitrogens with zero attached hydrogens (tertiary/aromatic N) is 1. The zero-order valence-corrected chi connectivity index (χ0v) is 12.0. The number of hydrogen-bond donors (Lipinski definition) is 2. The van der Waals surface area contributed by atoms with E-state index in [-0.39, 0.29) is 11.9 Å². The van der Waals surface area contributed by atoms with Gasteiger partial charge >= 0.3 is 0 Å². The maximum atomic E-state index is 11.5. The van der Waals surface area contributed by atoms with Crippen molar-refractivity contribution in [2.24, 2.45) is 11.7 Å². The van der Waals surface area contributed by atoms with E-state index in [1.165, 1.54) is 25.9 Å². The molecule has 0 aliphatic carbocycles. The van der Waals surface area contributed by atoms with Crippen molar-refractivity contribution in [3.8, 4) is 0 Å². The Morgan fingerprint density at radius 3 is 2.72 bits per heavy atom. The molecule has 3 N–H and O–H groups in total. The first-order valence-electron chi connectivity index (χ1n) is 7.36. The van der Waals surface area contributed by atoms with Gasteiger partial charge in [0.2, 0.25) is 5.91 Å². The van der Waals surface area contributed by atoms with E-state index in [2.05, 4.69) is 17.1 Å². The van der Waals surface area contributed by atoms with Gasteiger partial charge in [-0.1, -0.05) is 13.8 Å². The van der Waals surface area contributed by atoms with Crippen molar-refractivity contribution in [2.45, 2.75) is 52.0 Å². The molecule has 1 fully saturated rings. The second-order valence-corrected chi connectivity index (χ2v) is 5.60. The van der Waals surface area contributed by atoms with Crippen LogP contribution in [0.3, 0.4) is 0 Å².